The van der Waals surface area contributed by atoms with Gasteiger partial charge in [0.25, 0.3) is 0 Å². The number of rotatable bonds is 2. The van der Waals surface area contributed by atoms with Crippen LogP contribution in [-0.2, 0) is 0 Å². The first-order valence-electron chi connectivity index (χ1n) is 5.80. The molecule has 2 aromatic carbocycles. The van der Waals surface area contributed by atoms with Gasteiger partial charge in [0.2, 0.25) is 0 Å². The third kappa shape index (κ3) is 2.77. The highest BCUT2D eigenvalue weighted by Gasteiger charge is 2.16. The summed E-state index contributed by atoms with van der Waals surface area (Å²) in [5, 5.41) is 10.4. The van der Waals surface area contributed by atoms with Gasteiger partial charge in [0, 0.05) is 10.6 Å². The maximum atomic E-state index is 13.6. The molecule has 2 aromatic rings. The summed E-state index contributed by atoms with van der Waals surface area (Å²) in [6, 6.07) is 6.92. The first kappa shape index (κ1) is 14.0. The van der Waals surface area contributed by atoms with E-state index in [1.54, 1.807) is 26.0 Å². The van der Waals surface area contributed by atoms with E-state index in [2.05, 4.69) is 0 Å². The summed E-state index contributed by atoms with van der Waals surface area (Å²) in [6.45, 7) is 3.26. The first-order valence-corrected chi connectivity index (χ1v) is 6.17. The molecule has 100 valence electrons. The zero-order valence-electron chi connectivity index (χ0n) is 10.5. The molecule has 0 aromatic heterocycles. The van der Waals surface area contributed by atoms with Gasteiger partial charge in [-0.1, -0.05) is 29.8 Å². The van der Waals surface area contributed by atoms with Gasteiger partial charge in [0.05, 0.1) is 0 Å². The fourth-order valence-electron chi connectivity index (χ4n) is 2.04. The lowest BCUT2D eigenvalue weighted by atomic mass is 9.97. The number of aryl methyl sites for hydroxylation is 2. The molecule has 0 heterocycles. The van der Waals surface area contributed by atoms with E-state index in [1.807, 2.05) is 0 Å². The predicted octanol–water partition coefficient (Wildman–Crippen LogP) is 4.32. The van der Waals surface area contributed by atoms with Crippen LogP contribution < -0.4 is 0 Å². The molecule has 0 aliphatic heterocycles. The third-order valence-corrected chi connectivity index (χ3v) is 3.36. The van der Waals surface area contributed by atoms with Gasteiger partial charge in [-0.3, -0.25) is 0 Å². The standard InChI is InChI=1S/C15H13ClF2O/c1-8-5-10(6-9(2)14(8)18)15(19)12-4-3-11(17)7-13(12)16/h3-7,15,19H,1-2H3. The zero-order chi connectivity index (χ0) is 14.2. The lowest BCUT2D eigenvalue weighted by Crippen LogP contribution is -2.03. The Labute approximate surface area is 115 Å². The molecule has 1 unspecified atom stereocenters. The molecule has 1 atom stereocenters. The maximum Gasteiger partial charge on any atom is 0.129 e. The van der Waals surface area contributed by atoms with E-state index >= 15 is 0 Å². The Hall–Kier alpha value is -1.45. The molecular weight excluding hydrogens is 270 g/mol. The molecule has 2 rings (SSSR count). The molecule has 0 saturated carbocycles. The Kier molecular flexibility index (Phi) is 3.88. The molecule has 0 aliphatic rings. The van der Waals surface area contributed by atoms with Crippen LogP contribution in [0.3, 0.4) is 0 Å². The number of hydrogen-bond donors (Lipinski definition) is 1. The second-order valence-corrected chi connectivity index (χ2v) is 4.94. The van der Waals surface area contributed by atoms with Crippen LogP contribution in [-0.4, -0.2) is 5.11 Å². The van der Waals surface area contributed by atoms with Crippen molar-refractivity contribution in [3.63, 3.8) is 0 Å². The number of halogens is 3. The van der Waals surface area contributed by atoms with E-state index in [4.69, 9.17) is 11.6 Å². The van der Waals surface area contributed by atoms with Gasteiger partial charge in [-0.15, -0.1) is 0 Å². The highest BCUT2D eigenvalue weighted by Crippen LogP contribution is 2.30. The summed E-state index contributed by atoms with van der Waals surface area (Å²) in [4.78, 5) is 0. The molecule has 0 saturated heterocycles. The Balaban J connectivity index is 2.47. The SMILES string of the molecule is Cc1cc(C(O)c2ccc(F)cc2Cl)cc(C)c1F. The number of hydrogen-bond acceptors (Lipinski definition) is 1. The van der Waals surface area contributed by atoms with Crippen LogP contribution >= 0.6 is 11.6 Å². The van der Waals surface area contributed by atoms with E-state index in [9.17, 15) is 13.9 Å². The third-order valence-electron chi connectivity index (χ3n) is 3.03. The minimum absolute atomic E-state index is 0.145. The van der Waals surface area contributed by atoms with Crippen molar-refractivity contribution in [3.05, 3.63) is 69.2 Å². The minimum Gasteiger partial charge on any atom is -0.384 e. The van der Waals surface area contributed by atoms with Crippen molar-refractivity contribution in [3.8, 4) is 0 Å². The van der Waals surface area contributed by atoms with Crippen LogP contribution in [0.2, 0.25) is 5.02 Å². The highest BCUT2D eigenvalue weighted by atomic mass is 35.5. The Morgan fingerprint density at radius 3 is 2.16 bits per heavy atom. The topological polar surface area (TPSA) is 20.2 Å². The van der Waals surface area contributed by atoms with Crippen molar-refractivity contribution in [2.45, 2.75) is 20.0 Å². The van der Waals surface area contributed by atoms with Gasteiger partial charge in [-0.25, -0.2) is 8.78 Å². The number of aliphatic hydroxyl groups is 1. The summed E-state index contributed by atoms with van der Waals surface area (Å²) < 4.78 is 26.5. The van der Waals surface area contributed by atoms with E-state index < -0.39 is 11.9 Å². The Morgan fingerprint density at radius 1 is 1.05 bits per heavy atom. The summed E-state index contributed by atoms with van der Waals surface area (Å²) in [7, 11) is 0. The second kappa shape index (κ2) is 5.27. The van der Waals surface area contributed by atoms with Crippen LogP contribution in [0.15, 0.2) is 30.3 Å². The van der Waals surface area contributed by atoms with Crippen LogP contribution in [0.25, 0.3) is 0 Å². The van der Waals surface area contributed by atoms with Gasteiger partial charge in [-0.2, -0.15) is 0 Å². The van der Waals surface area contributed by atoms with Crippen LogP contribution in [0.1, 0.15) is 28.4 Å². The number of benzene rings is 2. The van der Waals surface area contributed by atoms with Crippen LogP contribution in [0.4, 0.5) is 8.78 Å². The largest absolute Gasteiger partial charge is 0.384 e. The van der Waals surface area contributed by atoms with Gasteiger partial charge in [0.15, 0.2) is 0 Å². The molecule has 0 spiro atoms. The minimum atomic E-state index is -1.01. The number of aliphatic hydroxyl groups excluding tert-OH is 1. The fourth-order valence-corrected chi connectivity index (χ4v) is 2.31. The molecule has 19 heavy (non-hydrogen) atoms. The van der Waals surface area contributed by atoms with Crippen molar-refractivity contribution in [2.75, 3.05) is 0 Å². The lowest BCUT2D eigenvalue weighted by molar-refractivity contribution is 0.220. The fraction of sp³-hybridized carbons (Fsp3) is 0.200. The van der Waals surface area contributed by atoms with Crippen molar-refractivity contribution >= 4 is 11.6 Å². The zero-order valence-corrected chi connectivity index (χ0v) is 11.3. The average molecular weight is 283 g/mol. The molecule has 1 nitrogen and oxygen atoms in total. The molecule has 0 fully saturated rings. The van der Waals surface area contributed by atoms with Gasteiger partial charge in [-0.05, 0) is 42.7 Å². The molecular formula is C15H13ClF2O. The molecule has 0 bridgehead atoms. The van der Waals surface area contributed by atoms with Crippen molar-refractivity contribution in [1.82, 2.24) is 0 Å². The predicted molar refractivity (Wildman–Crippen MR) is 71.3 cm³/mol. The monoisotopic (exact) mass is 282 g/mol. The van der Waals surface area contributed by atoms with E-state index in [0.717, 1.165) is 6.07 Å². The van der Waals surface area contributed by atoms with Crippen molar-refractivity contribution < 1.29 is 13.9 Å². The van der Waals surface area contributed by atoms with Gasteiger partial charge < -0.3 is 5.11 Å². The molecule has 4 heteroatoms. The summed E-state index contributed by atoms with van der Waals surface area (Å²) in [5.41, 5.74) is 1.83. The quantitative estimate of drug-likeness (QED) is 0.870. The average Bonchev–Trinajstić information content (AvgIpc) is 2.34. The van der Waals surface area contributed by atoms with Crippen molar-refractivity contribution in [1.29, 1.82) is 0 Å². The Bertz CT molecular complexity index is 603. The van der Waals surface area contributed by atoms with Crippen LogP contribution in [0, 0.1) is 25.5 Å². The Morgan fingerprint density at radius 2 is 1.63 bits per heavy atom. The van der Waals surface area contributed by atoms with Crippen molar-refractivity contribution in [2.24, 2.45) is 0 Å². The summed E-state index contributed by atoms with van der Waals surface area (Å²) in [6.07, 6.45) is -1.01. The van der Waals surface area contributed by atoms with E-state index in [-0.39, 0.29) is 10.8 Å². The second-order valence-electron chi connectivity index (χ2n) is 4.54. The summed E-state index contributed by atoms with van der Waals surface area (Å²) in [5.74, 6) is -0.756. The molecule has 0 radical (unpaired) electrons. The molecule has 0 amide bonds. The van der Waals surface area contributed by atoms with E-state index in [1.165, 1.54) is 12.1 Å². The van der Waals surface area contributed by atoms with Gasteiger partial charge >= 0.3 is 0 Å². The molecule has 0 aliphatic carbocycles. The lowest BCUT2D eigenvalue weighted by Gasteiger charge is -2.15. The van der Waals surface area contributed by atoms with E-state index in [0.29, 0.717) is 22.3 Å². The van der Waals surface area contributed by atoms with Gasteiger partial charge in [0.1, 0.15) is 17.7 Å². The maximum absolute atomic E-state index is 13.6. The summed E-state index contributed by atoms with van der Waals surface area (Å²) >= 11 is 5.91. The highest BCUT2D eigenvalue weighted by molar-refractivity contribution is 6.31. The smallest absolute Gasteiger partial charge is 0.129 e. The first-order chi connectivity index (χ1) is 8.90. The molecule has 1 N–H and O–H groups in total. The normalized spacial score (nSPS) is 12.5. The van der Waals surface area contributed by atoms with Crippen LogP contribution in [0.5, 0.6) is 0 Å².